The summed E-state index contributed by atoms with van der Waals surface area (Å²) in [7, 11) is 0. The highest BCUT2D eigenvalue weighted by atomic mass is 32.2. The van der Waals surface area contributed by atoms with Crippen molar-refractivity contribution in [3.8, 4) is 5.75 Å². The summed E-state index contributed by atoms with van der Waals surface area (Å²) in [6.45, 7) is 2.17. The number of benzene rings is 5. The predicted molar refractivity (Wildman–Crippen MR) is 193 cm³/mol. The fourth-order valence-corrected chi connectivity index (χ4v) is 5.49. The van der Waals surface area contributed by atoms with E-state index in [1.807, 2.05) is 30.3 Å². The maximum Gasteiger partial charge on any atom is 0.272 e. The van der Waals surface area contributed by atoms with Crippen LogP contribution in [0.3, 0.4) is 0 Å². The van der Waals surface area contributed by atoms with Gasteiger partial charge in [-0.15, -0.1) is 11.8 Å². The minimum Gasteiger partial charge on any atom is -0.489 e. The molecule has 0 aliphatic rings. The molecule has 0 bridgehead atoms. The van der Waals surface area contributed by atoms with Crippen molar-refractivity contribution in [2.24, 2.45) is 5.73 Å². The lowest BCUT2D eigenvalue weighted by Crippen LogP contribution is -2.30. The van der Waals surface area contributed by atoms with E-state index in [1.54, 1.807) is 116 Å². The minimum absolute atomic E-state index is 0.0480. The van der Waals surface area contributed by atoms with E-state index in [0.29, 0.717) is 34.9 Å². The van der Waals surface area contributed by atoms with Crippen molar-refractivity contribution in [3.05, 3.63) is 161 Å². The van der Waals surface area contributed by atoms with Gasteiger partial charge in [-0.3, -0.25) is 19.2 Å². The van der Waals surface area contributed by atoms with Gasteiger partial charge in [0.15, 0.2) is 0 Å². The molecule has 10 heteroatoms. The zero-order valence-corrected chi connectivity index (χ0v) is 27.4. The third-order valence-electron chi connectivity index (χ3n) is 7.21. The zero-order valence-electron chi connectivity index (χ0n) is 26.6. The van der Waals surface area contributed by atoms with Crippen LogP contribution in [0.5, 0.6) is 5.75 Å². The number of carbonyl (C=O) groups excluding carboxylic acids is 4. The highest BCUT2D eigenvalue weighted by Crippen LogP contribution is 2.26. The average molecular weight is 671 g/mol. The molecule has 0 fully saturated rings. The molecule has 5 rings (SSSR count). The Balaban J connectivity index is 1.25. The quantitative estimate of drug-likeness (QED) is 0.0795. The fourth-order valence-electron chi connectivity index (χ4n) is 4.62. The molecule has 246 valence electrons. The van der Waals surface area contributed by atoms with Crippen LogP contribution in [-0.4, -0.2) is 28.9 Å². The van der Waals surface area contributed by atoms with Gasteiger partial charge in [0, 0.05) is 16.1 Å². The zero-order chi connectivity index (χ0) is 34.6. The largest absolute Gasteiger partial charge is 0.489 e. The summed E-state index contributed by atoms with van der Waals surface area (Å²) in [4.78, 5) is 51.9. The maximum atomic E-state index is 13.5. The Hall–Kier alpha value is -6.13. The molecule has 4 amide bonds. The van der Waals surface area contributed by atoms with Gasteiger partial charge in [0.05, 0.1) is 16.5 Å². The average Bonchev–Trinajstić information content (AvgIpc) is 3.12. The highest BCUT2D eigenvalue weighted by Gasteiger charge is 2.18. The van der Waals surface area contributed by atoms with Crippen molar-refractivity contribution in [2.75, 3.05) is 10.6 Å². The molecule has 0 heterocycles. The first-order valence-corrected chi connectivity index (χ1v) is 16.3. The van der Waals surface area contributed by atoms with Gasteiger partial charge in [-0.2, -0.15) is 0 Å². The Labute approximate surface area is 288 Å². The lowest BCUT2D eigenvalue weighted by molar-refractivity contribution is -0.115. The molecular weight excluding hydrogens is 637 g/mol. The smallest absolute Gasteiger partial charge is 0.272 e. The summed E-state index contributed by atoms with van der Waals surface area (Å²) in [6.07, 6.45) is 1.60. The summed E-state index contributed by atoms with van der Waals surface area (Å²) >= 11 is 1.31. The van der Waals surface area contributed by atoms with Gasteiger partial charge in [-0.25, -0.2) is 0 Å². The number of anilines is 2. The number of primary amides is 1. The van der Waals surface area contributed by atoms with E-state index in [1.165, 1.54) is 11.8 Å². The molecule has 0 aliphatic heterocycles. The highest BCUT2D eigenvalue weighted by molar-refractivity contribution is 8.00. The van der Waals surface area contributed by atoms with Gasteiger partial charge >= 0.3 is 0 Å². The molecule has 0 saturated heterocycles. The fraction of sp³-hybridized carbons (Fsp3) is 0.0769. The molecular formula is C39H34N4O5S. The third kappa shape index (κ3) is 9.93. The maximum absolute atomic E-state index is 13.5. The Bertz CT molecular complexity index is 1950. The summed E-state index contributed by atoms with van der Waals surface area (Å²) in [5.74, 6) is -1.21. The number of nitrogens with one attached hydrogen (secondary N) is 3. The molecule has 1 unspecified atom stereocenters. The van der Waals surface area contributed by atoms with Crippen LogP contribution >= 0.6 is 11.8 Å². The number of hydrogen-bond acceptors (Lipinski definition) is 6. The SMILES string of the molecule is CC(Sc1ccc(NC(=O)/C(=C/c2ccc(OCc3ccccc3)cc2)NC(=O)c2ccccc2)cc1)C(=O)Nc1ccccc1C(N)=O. The second-order valence-corrected chi connectivity index (χ2v) is 12.3. The van der Waals surface area contributed by atoms with E-state index in [9.17, 15) is 19.2 Å². The molecule has 49 heavy (non-hydrogen) atoms. The number of carbonyl (C=O) groups is 4. The summed E-state index contributed by atoms with van der Waals surface area (Å²) in [5, 5.41) is 7.85. The first-order chi connectivity index (χ1) is 23.7. The van der Waals surface area contributed by atoms with Crippen LogP contribution in [-0.2, 0) is 16.2 Å². The summed E-state index contributed by atoms with van der Waals surface area (Å²) in [5.41, 5.74) is 8.68. The number of amides is 4. The van der Waals surface area contributed by atoms with E-state index in [2.05, 4.69) is 16.0 Å². The predicted octanol–water partition coefficient (Wildman–Crippen LogP) is 6.89. The molecule has 0 aliphatic carbocycles. The Morgan fingerprint density at radius 1 is 0.755 bits per heavy atom. The van der Waals surface area contributed by atoms with E-state index < -0.39 is 23.0 Å². The molecule has 5 aromatic rings. The van der Waals surface area contributed by atoms with Gasteiger partial charge in [0.2, 0.25) is 5.91 Å². The van der Waals surface area contributed by atoms with E-state index >= 15 is 0 Å². The molecule has 0 aromatic heterocycles. The molecule has 9 nitrogen and oxygen atoms in total. The molecule has 5 aromatic carbocycles. The minimum atomic E-state index is -0.631. The first kappa shape index (κ1) is 34.2. The second-order valence-electron chi connectivity index (χ2n) is 10.9. The van der Waals surface area contributed by atoms with Crippen LogP contribution in [0.25, 0.3) is 6.08 Å². The van der Waals surface area contributed by atoms with Crippen LogP contribution in [0, 0.1) is 0 Å². The normalized spacial score (nSPS) is 11.6. The monoisotopic (exact) mass is 670 g/mol. The van der Waals surface area contributed by atoms with Crippen molar-refractivity contribution in [2.45, 2.75) is 23.7 Å². The van der Waals surface area contributed by atoms with Gasteiger partial charge in [-0.05, 0) is 84.8 Å². The number of thioether (sulfide) groups is 1. The van der Waals surface area contributed by atoms with Crippen molar-refractivity contribution in [1.82, 2.24) is 5.32 Å². The Kier molecular flexibility index (Phi) is 11.6. The summed E-state index contributed by atoms with van der Waals surface area (Å²) < 4.78 is 5.88. The number of hydrogen-bond donors (Lipinski definition) is 4. The van der Waals surface area contributed by atoms with E-state index in [0.717, 1.165) is 10.5 Å². The lowest BCUT2D eigenvalue weighted by Gasteiger charge is -2.14. The second kappa shape index (κ2) is 16.6. The molecule has 5 N–H and O–H groups in total. The van der Waals surface area contributed by atoms with Crippen molar-refractivity contribution in [3.63, 3.8) is 0 Å². The standard InChI is InChI=1S/C39H34N4O5S/c1-26(37(45)42-34-15-9-8-14-33(34)36(40)44)49-32-22-18-30(19-23-32)41-39(47)35(43-38(46)29-12-6-3-7-13-29)24-27-16-20-31(21-17-27)48-25-28-10-4-2-5-11-28/h2-24,26H,25H2,1H3,(H2,40,44)(H,41,47)(H,42,45)(H,43,46)/b35-24-. The van der Waals surface area contributed by atoms with Crippen LogP contribution in [0.2, 0.25) is 0 Å². The third-order valence-corrected chi connectivity index (χ3v) is 8.32. The van der Waals surface area contributed by atoms with Crippen LogP contribution in [0.15, 0.2) is 144 Å². The number of nitrogens with two attached hydrogens (primary N) is 1. The molecule has 0 radical (unpaired) electrons. The lowest BCUT2D eigenvalue weighted by atomic mass is 10.1. The van der Waals surface area contributed by atoms with Crippen molar-refractivity contribution < 1.29 is 23.9 Å². The van der Waals surface area contributed by atoms with Crippen molar-refractivity contribution in [1.29, 1.82) is 0 Å². The van der Waals surface area contributed by atoms with Crippen molar-refractivity contribution >= 4 is 52.8 Å². The van der Waals surface area contributed by atoms with E-state index in [4.69, 9.17) is 10.5 Å². The van der Waals surface area contributed by atoms with Gasteiger partial charge in [-0.1, -0.05) is 72.8 Å². The van der Waals surface area contributed by atoms with Crippen LogP contribution < -0.4 is 26.4 Å². The van der Waals surface area contributed by atoms with E-state index in [-0.39, 0.29) is 17.2 Å². The number of para-hydroxylation sites is 1. The topological polar surface area (TPSA) is 140 Å². The van der Waals surface area contributed by atoms with Crippen LogP contribution in [0.4, 0.5) is 11.4 Å². The molecule has 0 spiro atoms. The van der Waals surface area contributed by atoms with Crippen LogP contribution in [0.1, 0.15) is 38.8 Å². The Morgan fingerprint density at radius 2 is 1.39 bits per heavy atom. The number of rotatable bonds is 13. The van der Waals surface area contributed by atoms with Gasteiger partial charge < -0.3 is 26.4 Å². The Morgan fingerprint density at radius 3 is 2.06 bits per heavy atom. The number of ether oxygens (including phenoxy) is 1. The van der Waals surface area contributed by atoms with Gasteiger partial charge in [0.1, 0.15) is 18.1 Å². The molecule has 1 atom stereocenters. The first-order valence-electron chi connectivity index (χ1n) is 15.4. The molecule has 0 saturated carbocycles. The summed E-state index contributed by atoms with van der Waals surface area (Å²) in [6, 6.07) is 39.2. The van der Waals surface area contributed by atoms with Gasteiger partial charge in [0.25, 0.3) is 17.7 Å².